The number of fused-ring (bicyclic) bond motifs is 1. The fourth-order valence-electron chi connectivity index (χ4n) is 2.25. The van der Waals surface area contributed by atoms with E-state index >= 15 is 0 Å². The second kappa shape index (κ2) is 7.20. The van der Waals surface area contributed by atoms with E-state index in [0.29, 0.717) is 11.5 Å². The molecule has 1 aliphatic heterocycles. The molecular formula is C16H20N4O5. The summed E-state index contributed by atoms with van der Waals surface area (Å²) in [5, 5.41) is 5.54. The van der Waals surface area contributed by atoms with Crippen LogP contribution in [0.25, 0.3) is 0 Å². The summed E-state index contributed by atoms with van der Waals surface area (Å²) in [6.07, 6.45) is -0.762. The Morgan fingerprint density at radius 1 is 1.44 bits per heavy atom. The molecule has 9 nitrogen and oxygen atoms in total. The first-order valence-electron chi connectivity index (χ1n) is 7.57. The van der Waals surface area contributed by atoms with E-state index in [1.165, 1.54) is 14.0 Å². The summed E-state index contributed by atoms with van der Waals surface area (Å²) in [5.41, 5.74) is 0.359. The summed E-state index contributed by atoms with van der Waals surface area (Å²) < 4.78 is 9.67. The first-order valence-corrected chi connectivity index (χ1v) is 7.57. The number of aromatic nitrogens is 1. The van der Waals surface area contributed by atoms with Gasteiger partial charge in [-0.3, -0.25) is 4.79 Å². The van der Waals surface area contributed by atoms with E-state index in [0.717, 1.165) is 4.90 Å². The molecule has 2 rings (SSSR count). The number of allylic oxidation sites excluding steroid dienone is 1. The van der Waals surface area contributed by atoms with Crippen molar-refractivity contribution in [3.8, 4) is 0 Å². The molecule has 2 N–H and O–H groups in total. The van der Waals surface area contributed by atoms with Crippen molar-refractivity contribution in [2.45, 2.75) is 32.9 Å². The maximum Gasteiger partial charge on any atom is 0.421 e. The van der Waals surface area contributed by atoms with Gasteiger partial charge in [0, 0.05) is 0 Å². The highest BCUT2D eigenvalue weighted by molar-refractivity contribution is 6.09. The highest BCUT2D eigenvalue weighted by Crippen LogP contribution is 2.32. The Kier molecular flexibility index (Phi) is 5.26. The van der Waals surface area contributed by atoms with Gasteiger partial charge in [0.05, 0.1) is 18.6 Å². The average molecular weight is 348 g/mol. The predicted molar refractivity (Wildman–Crippen MR) is 91.2 cm³/mol. The number of anilines is 3. The van der Waals surface area contributed by atoms with Crippen molar-refractivity contribution in [3.63, 3.8) is 0 Å². The number of carbonyl (C=O) groups is 3. The maximum absolute atomic E-state index is 12.3. The molecule has 0 fully saturated rings. The number of nitrogens with zero attached hydrogens (tertiary/aromatic N) is 2. The number of esters is 1. The Morgan fingerprint density at radius 3 is 2.72 bits per heavy atom. The number of hydrogen-bond acceptors (Lipinski definition) is 7. The predicted octanol–water partition coefficient (Wildman–Crippen LogP) is 1.87. The largest absolute Gasteiger partial charge is 0.467 e. The Balaban J connectivity index is 2.37. The van der Waals surface area contributed by atoms with Gasteiger partial charge in [0.1, 0.15) is 17.9 Å². The van der Waals surface area contributed by atoms with Crippen LogP contribution >= 0.6 is 0 Å². The fraction of sp³-hybridized carbons (Fsp3) is 0.375. The quantitative estimate of drug-likeness (QED) is 0.631. The molecule has 2 heterocycles. The Hall–Kier alpha value is -3.10. The molecule has 1 aromatic heterocycles. The fourth-order valence-corrected chi connectivity index (χ4v) is 2.25. The molecule has 0 aromatic carbocycles. The molecule has 9 heteroatoms. The van der Waals surface area contributed by atoms with Crippen molar-refractivity contribution < 1.29 is 23.9 Å². The summed E-state index contributed by atoms with van der Waals surface area (Å²) >= 11 is 0. The van der Waals surface area contributed by atoms with Gasteiger partial charge in [0.25, 0.3) is 0 Å². The van der Waals surface area contributed by atoms with Crippen molar-refractivity contribution in [1.82, 2.24) is 4.98 Å². The number of methoxy groups -OCH3 is 1. The zero-order valence-corrected chi connectivity index (χ0v) is 14.5. The molecule has 0 aliphatic carbocycles. The Labute approximate surface area is 145 Å². The van der Waals surface area contributed by atoms with Crippen LogP contribution in [0.3, 0.4) is 0 Å². The van der Waals surface area contributed by atoms with Crippen molar-refractivity contribution in [2.75, 3.05) is 22.6 Å². The van der Waals surface area contributed by atoms with Gasteiger partial charge in [-0.15, -0.1) is 0 Å². The molecule has 2 atom stereocenters. The molecular weight excluding hydrogens is 328 g/mol. The van der Waals surface area contributed by atoms with Crippen LogP contribution in [0, 0.1) is 0 Å². The van der Waals surface area contributed by atoms with Gasteiger partial charge < -0.3 is 20.1 Å². The minimum absolute atomic E-state index is 0.193. The minimum atomic E-state index is -0.819. The van der Waals surface area contributed by atoms with Crippen LogP contribution in [-0.4, -0.2) is 42.1 Å². The Morgan fingerprint density at radius 2 is 2.12 bits per heavy atom. The van der Waals surface area contributed by atoms with Crippen LogP contribution in [0.1, 0.15) is 20.8 Å². The van der Waals surface area contributed by atoms with E-state index in [9.17, 15) is 14.4 Å². The standard InChI is InChI=1S/C16H20N4O5/c1-8(2)25-16(23)20-10(4)14(21)18-11-6-7-12(19-13(11)20)17-9(3)15(22)24-5/h6-7,9-10H,1H2,2-5H3,(H,17,19)(H,18,21). The molecule has 0 bridgehead atoms. The highest BCUT2D eigenvalue weighted by atomic mass is 16.6. The van der Waals surface area contributed by atoms with Gasteiger partial charge in [-0.1, -0.05) is 6.58 Å². The van der Waals surface area contributed by atoms with E-state index in [1.54, 1.807) is 26.0 Å². The number of nitrogens with one attached hydrogen (secondary N) is 2. The number of pyridine rings is 1. The van der Waals surface area contributed by atoms with E-state index in [-0.39, 0.29) is 17.5 Å². The van der Waals surface area contributed by atoms with Gasteiger partial charge in [-0.25, -0.2) is 19.5 Å². The molecule has 0 saturated heterocycles. The van der Waals surface area contributed by atoms with Gasteiger partial charge >= 0.3 is 12.1 Å². The number of hydrogen-bond donors (Lipinski definition) is 2. The molecule has 1 aromatic rings. The van der Waals surface area contributed by atoms with Crippen molar-refractivity contribution in [2.24, 2.45) is 0 Å². The van der Waals surface area contributed by atoms with Crippen LogP contribution < -0.4 is 15.5 Å². The number of ether oxygens (including phenoxy) is 2. The minimum Gasteiger partial charge on any atom is -0.467 e. The first kappa shape index (κ1) is 18.2. The third-order valence-electron chi connectivity index (χ3n) is 3.51. The van der Waals surface area contributed by atoms with Crippen LogP contribution in [-0.2, 0) is 19.1 Å². The van der Waals surface area contributed by atoms with Crippen molar-refractivity contribution >= 4 is 35.3 Å². The lowest BCUT2D eigenvalue weighted by atomic mass is 10.2. The second-order valence-electron chi connectivity index (χ2n) is 5.56. The third-order valence-corrected chi connectivity index (χ3v) is 3.51. The van der Waals surface area contributed by atoms with Gasteiger partial charge in [0.15, 0.2) is 5.82 Å². The summed E-state index contributed by atoms with van der Waals surface area (Å²) in [6, 6.07) is 1.71. The van der Waals surface area contributed by atoms with E-state index < -0.39 is 24.1 Å². The van der Waals surface area contributed by atoms with Gasteiger partial charge in [-0.2, -0.15) is 0 Å². The molecule has 0 spiro atoms. The summed E-state index contributed by atoms with van der Waals surface area (Å²) in [6.45, 7) is 8.21. The highest BCUT2D eigenvalue weighted by Gasteiger charge is 2.36. The zero-order valence-electron chi connectivity index (χ0n) is 14.5. The molecule has 2 unspecified atom stereocenters. The van der Waals surface area contributed by atoms with E-state index in [2.05, 4.69) is 26.9 Å². The van der Waals surface area contributed by atoms with E-state index in [4.69, 9.17) is 4.74 Å². The maximum atomic E-state index is 12.3. The Bertz CT molecular complexity index is 733. The smallest absolute Gasteiger partial charge is 0.421 e. The summed E-state index contributed by atoms with van der Waals surface area (Å²) in [5.74, 6) is -0.0804. The molecule has 1 aliphatic rings. The van der Waals surface area contributed by atoms with Crippen LogP contribution in [0.5, 0.6) is 0 Å². The van der Waals surface area contributed by atoms with Crippen molar-refractivity contribution in [3.05, 3.63) is 24.5 Å². The molecule has 25 heavy (non-hydrogen) atoms. The normalized spacial score (nSPS) is 17.0. The lowest BCUT2D eigenvalue weighted by Crippen LogP contribution is -2.50. The van der Waals surface area contributed by atoms with Gasteiger partial charge in [0.2, 0.25) is 5.91 Å². The molecule has 2 amide bonds. The number of carbonyl (C=O) groups excluding carboxylic acids is 3. The number of amides is 2. The summed E-state index contributed by atoms with van der Waals surface area (Å²) in [7, 11) is 1.29. The summed E-state index contributed by atoms with van der Waals surface area (Å²) in [4.78, 5) is 41.4. The zero-order chi connectivity index (χ0) is 18.7. The van der Waals surface area contributed by atoms with Crippen molar-refractivity contribution in [1.29, 1.82) is 0 Å². The molecule has 0 saturated carbocycles. The van der Waals surface area contributed by atoms with Crippen LogP contribution in [0.15, 0.2) is 24.5 Å². The lowest BCUT2D eigenvalue weighted by Gasteiger charge is -2.32. The van der Waals surface area contributed by atoms with Gasteiger partial charge in [-0.05, 0) is 32.9 Å². The third kappa shape index (κ3) is 3.87. The SMILES string of the molecule is C=C(C)OC(=O)N1c2nc(NC(C)C(=O)OC)ccc2NC(=O)C1C. The van der Waals surface area contributed by atoms with Crippen LogP contribution in [0.2, 0.25) is 0 Å². The molecule has 0 radical (unpaired) electrons. The topological polar surface area (TPSA) is 110 Å². The monoisotopic (exact) mass is 348 g/mol. The number of rotatable bonds is 4. The lowest BCUT2D eigenvalue weighted by molar-refractivity contribution is -0.141. The first-order chi connectivity index (χ1) is 11.7. The second-order valence-corrected chi connectivity index (χ2v) is 5.56. The van der Waals surface area contributed by atoms with E-state index in [1.807, 2.05) is 0 Å². The average Bonchev–Trinajstić information content (AvgIpc) is 2.54. The molecule has 134 valence electrons. The van der Waals surface area contributed by atoms with Crippen LogP contribution in [0.4, 0.5) is 22.1 Å².